The van der Waals surface area contributed by atoms with Crippen LogP contribution < -0.4 is 0 Å². The highest BCUT2D eigenvalue weighted by atomic mass is 79.9. The smallest absolute Gasteiger partial charge is 0.0256 e. The summed E-state index contributed by atoms with van der Waals surface area (Å²) in [5.41, 5.74) is 9.49. The second-order valence-electron chi connectivity index (χ2n) is 9.50. The van der Waals surface area contributed by atoms with Crippen molar-refractivity contribution in [2.24, 2.45) is 0 Å². The van der Waals surface area contributed by atoms with Crippen molar-refractivity contribution >= 4 is 15.9 Å². The van der Waals surface area contributed by atoms with Gasteiger partial charge in [-0.15, -0.1) is 0 Å². The Balaban J connectivity index is 2.09. The van der Waals surface area contributed by atoms with Crippen molar-refractivity contribution in [2.75, 3.05) is 0 Å². The molecule has 0 nitrogen and oxygen atoms in total. The van der Waals surface area contributed by atoms with E-state index in [1.807, 2.05) is 0 Å². The van der Waals surface area contributed by atoms with Crippen LogP contribution in [0.25, 0.3) is 11.1 Å². The largest absolute Gasteiger partial charge is 0.0608 e. The molecule has 0 bridgehead atoms. The van der Waals surface area contributed by atoms with Gasteiger partial charge in [0, 0.05) is 15.5 Å². The molecular weight excluding hydrogens is 356 g/mol. The van der Waals surface area contributed by atoms with Crippen molar-refractivity contribution in [3.05, 3.63) is 57.1 Å². The number of hydrogen-bond donors (Lipinski definition) is 0. The normalized spacial score (nSPS) is 21.8. The molecule has 2 aliphatic carbocycles. The van der Waals surface area contributed by atoms with E-state index < -0.39 is 0 Å². The maximum atomic E-state index is 3.82. The summed E-state index contributed by atoms with van der Waals surface area (Å²) in [6, 6.07) is 11.7. The number of rotatable bonds is 0. The van der Waals surface area contributed by atoms with Crippen molar-refractivity contribution in [3.8, 4) is 11.1 Å². The maximum absolute atomic E-state index is 3.82. The Hall–Kier alpha value is -1.08. The molecule has 0 heterocycles. The Morgan fingerprint density at radius 2 is 1.33 bits per heavy atom. The van der Waals surface area contributed by atoms with Gasteiger partial charge >= 0.3 is 0 Å². The lowest BCUT2D eigenvalue weighted by Gasteiger charge is -2.42. The highest BCUT2D eigenvalue weighted by Gasteiger charge is 2.42. The van der Waals surface area contributed by atoms with Gasteiger partial charge in [-0.25, -0.2) is 0 Å². The van der Waals surface area contributed by atoms with Gasteiger partial charge in [0.1, 0.15) is 0 Å². The molecule has 2 aromatic carbocycles. The molecule has 0 N–H and O–H groups in total. The van der Waals surface area contributed by atoms with Gasteiger partial charge in [0.15, 0.2) is 0 Å². The quantitative estimate of drug-likeness (QED) is 0.455. The van der Waals surface area contributed by atoms with Crippen LogP contribution in [0.4, 0.5) is 0 Å². The van der Waals surface area contributed by atoms with Crippen LogP contribution in [-0.4, -0.2) is 0 Å². The molecule has 2 aromatic rings. The van der Waals surface area contributed by atoms with Gasteiger partial charge < -0.3 is 0 Å². The van der Waals surface area contributed by atoms with E-state index in [2.05, 4.69) is 87.8 Å². The van der Waals surface area contributed by atoms with E-state index in [1.165, 1.54) is 39.6 Å². The summed E-state index contributed by atoms with van der Waals surface area (Å²) >= 11 is 3.82. The van der Waals surface area contributed by atoms with E-state index >= 15 is 0 Å². The summed E-state index contributed by atoms with van der Waals surface area (Å²) < 4.78 is 1.22. The molecule has 0 spiro atoms. The SMILES string of the molecule is CC1(C)CCC(C)(C)c2cc3c(cc21)-c1c(Br)cccc1C3(C)C. The third-order valence-corrected chi connectivity index (χ3v) is 7.28. The Bertz CT molecular complexity index is 853. The van der Waals surface area contributed by atoms with Crippen molar-refractivity contribution in [3.63, 3.8) is 0 Å². The van der Waals surface area contributed by atoms with E-state index in [9.17, 15) is 0 Å². The fourth-order valence-corrected chi connectivity index (χ4v) is 5.38. The lowest BCUT2D eigenvalue weighted by Crippen LogP contribution is -2.34. The van der Waals surface area contributed by atoms with Crippen molar-refractivity contribution in [2.45, 2.75) is 70.6 Å². The van der Waals surface area contributed by atoms with Crippen LogP contribution in [0, 0.1) is 0 Å². The fourth-order valence-electron chi connectivity index (χ4n) is 4.80. The molecule has 1 heteroatoms. The zero-order valence-corrected chi connectivity index (χ0v) is 17.3. The summed E-state index contributed by atoms with van der Waals surface area (Å²) in [4.78, 5) is 0. The average molecular weight is 383 g/mol. The van der Waals surface area contributed by atoms with Crippen LogP contribution in [0.15, 0.2) is 34.8 Å². The summed E-state index contributed by atoms with van der Waals surface area (Å²) in [5, 5.41) is 0. The highest BCUT2D eigenvalue weighted by molar-refractivity contribution is 9.10. The molecule has 0 amide bonds. The van der Waals surface area contributed by atoms with Gasteiger partial charge in [0.2, 0.25) is 0 Å². The van der Waals surface area contributed by atoms with Crippen LogP contribution in [0.1, 0.15) is 76.6 Å². The number of fused-ring (bicyclic) bond motifs is 4. The van der Waals surface area contributed by atoms with Crippen LogP contribution in [0.5, 0.6) is 0 Å². The predicted octanol–water partition coefficient (Wildman–Crippen LogP) is 7.10. The summed E-state index contributed by atoms with van der Waals surface area (Å²) in [6.45, 7) is 14.4. The molecule has 2 aliphatic rings. The number of hydrogen-bond acceptors (Lipinski definition) is 0. The maximum Gasteiger partial charge on any atom is 0.0256 e. The number of benzene rings is 2. The van der Waals surface area contributed by atoms with Gasteiger partial charge in [-0.1, -0.05) is 75.7 Å². The highest BCUT2D eigenvalue weighted by Crippen LogP contribution is 2.55. The van der Waals surface area contributed by atoms with Crippen LogP contribution in [-0.2, 0) is 16.2 Å². The Labute approximate surface area is 154 Å². The van der Waals surface area contributed by atoms with Gasteiger partial charge in [-0.05, 0) is 63.6 Å². The molecule has 0 unspecified atom stereocenters. The van der Waals surface area contributed by atoms with Gasteiger partial charge in [0.05, 0.1) is 0 Å². The predicted molar refractivity (Wildman–Crippen MR) is 107 cm³/mol. The van der Waals surface area contributed by atoms with E-state index in [-0.39, 0.29) is 16.2 Å². The average Bonchev–Trinajstić information content (AvgIpc) is 2.73. The molecule has 0 radical (unpaired) electrons. The molecular formula is C23H27Br. The van der Waals surface area contributed by atoms with Crippen molar-refractivity contribution < 1.29 is 0 Å². The Kier molecular flexibility index (Phi) is 3.25. The van der Waals surface area contributed by atoms with Crippen LogP contribution >= 0.6 is 15.9 Å². The molecule has 0 aliphatic heterocycles. The number of halogens is 1. The molecule has 0 saturated heterocycles. The van der Waals surface area contributed by atoms with Gasteiger partial charge in [-0.3, -0.25) is 0 Å². The standard InChI is InChI=1S/C23H27Br/c1-21(2)10-11-22(3,4)18-13-16-14(12-17(18)21)20-15(23(16,5)6)8-7-9-19(20)24/h7-9,12-13H,10-11H2,1-6H3. The van der Waals surface area contributed by atoms with Crippen molar-refractivity contribution in [1.82, 2.24) is 0 Å². The van der Waals surface area contributed by atoms with Gasteiger partial charge in [-0.2, -0.15) is 0 Å². The molecule has 0 saturated carbocycles. The monoisotopic (exact) mass is 382 g/mol. The fraction of sp³-hybridized carbons (Fsp3) is 0.478. The van der Waals surface area contributed by atoms with E-state index in [4.69, 9.17) is 0 Å². The first kappa shape index (κ1) is 16.4. The van der Waals surface area contributed by atoms with Gasteiger partial charge in [0.25, 0.3) is 0 Å². The molecule has 24 heavy (non-hydrogen) atoms. The topological polar surface area (TPSA) is 0 Å². The van der Waals surface area contributed by atoms with E-state index in [1.54, 1.807) is 11.1 Å². The minimum atomic E-state index is 0.0706. The lowest BCUT2D eigenvalue weighted by molar-refractivity contribution is 0.331. The third kappa shape index (κ3) is 2.03. The van der Waals surface area contributed by atoms with E-state index in [0.717, 1.165) is 0 Å². The molecule has 4 rings (SSSR count). The second-order valence-corrected chi connectivity index (χ2v) is 10.4. The summed E-state index contributed by atoms with van der Waals surface area (Å²) in [6.07, 6.45) is 2.53. The van der Waals surface area contributed by atoms with Crippen molar-refractivity contribution in [1.29, 1.82) is 0 Å². The minimum Gasteiger partial charge on any atom is -0.0608 e. The Morgan fingerprint density at radius 3 is 1.96 bits per heavy atom. The zero-order valence-electron chi connectivity index (χ0n) is 15.7. The molecule has 126 valence electrons. The first-order valence-electron chi connectivity index (χ1n) is 9.04. The zero-order chi connectivity index (χ0) is 17.5. The molecule has 0 fully saturated rings. The van der Waals surface area contributed by atoms with E-state index in [0.29, 0.717) is 0 Å². The Morgan fingerprint density at radius 1 is 0.750 bits per heavy atom. The van der Waals surface area contributed by atoms with Crippen LogP contribution in [0.2, 0.25) is 0 Å². The first-order valence-corrected chi connectivity index (χ1v) is 9.84. The molecule has 0 aromatic heterocycles. The first-order chi connectivity index (χ1) is 11.1. The third-order valence-electron chi connectivity index (χ3n) is 6.62. The lowest BCUT2D eigenvalue weighted by atomic mass is 9.62. The minimum absolute atomic E-state index is 0.0706. The second kappa shape index (κ2) is 4.75. The summed E-state index contributed by atoms with van der Waals surface area (Å²) in [7, 11) is 0. The molecule has 0 atom stereocenters. The summed E-state index contributed by atoms with van der Waals surface area (Å²) in [5.74, 6) is 0. The van der Waals surface area contributed by atoms with Crippen LogP contribution in [0.3, 0.4) is 0 Å².